The number of nitrogens with zero attached hydrogens (tertiary/aromatic N) is 4. The van der Waals surface area contributed by atoms with Crippen LogP contribution in [-0.2, 0) is 9.53 Å². The monoisotopic (exact) mass is 451 g/mol. The Kier molecular flexibility index (Phi) is 5.99. The quantitative estimate of drug-likeness (QED) is 0.581. The Morgan fingerprint density at radius 3 is 2.45 bits per heavy atom. The van der Waals surface area contributed by atoms with Crippen LogP contribution >= 0.6 is 0 Å². The SMILES string of the molecule is NC(=O)c1cnc(Nc2ccc(N3CCN(C(=O)C4CCCO4)CC3)cc2)nc1NC1CC1. The zero-order valence-electron chi connectivity index (χ0n) is 18.5. The molecular formula is C23H29N7O3. The molecule has 1 aromatic carbocycles. The lowest BCUT2D eigenvalue weighted by atomic mass is 10.2. The minimum absolute atomic E-state index is 0.129. The van der Waals surface area contributed by atoms with E-state index in [0.29, 0.717) is 43.1 Å². The van der Waals surface area contributed by atoms with Gasteiger partial charge in [0.15, 0.2) is 0 Å². The smallest absolute Gasteiger partial charge is 0.254 e. The summed E-state index contributed by atoms with van der Waals surface area (Å²) < 4.78 is 5.54. The molecule has 3 fully saturated rings. The van der Waals surface area contributed by atoms with Crippen molar-refractivity contribution < 1.29 is 14.3 Å². The number of primary amides is 1. The number of hydrogen-bond acceptors (Lipinski definition) is 8. The molecule has 3 heterocycles. The van der Waals surface area contributed by atoms with Crippen LogP contribution in [0, 0.1) is 0 Å². The van der Waals surface area contributed by atoms with Gasteiger partial charge in [-0.1, -0.05) is 0 Å². The number of nitrogens with one attached hydrogen (secondary N) is 2. The molecule has 4 N–H and O–H groups in total. The van der Waals surface area contributed by atoms with E-state index in [1.54, 1.807) is 0 Å². The summed E-state index contributed by atoms with van der Waals surface area (Å²) in [5, 5.41) is 6.43. The van der Waals surface area contributed by atoms with Crippen molar-refractivity contribution in [2.75, 3.05) is 48.3 Å². The second-order valence-electron chi connectivity index (χ2n) is 8.72. The van der Waals surface area contributed by atoms with Gasteiger partial charge in [0, 0.05) is 56.4 Å². The molecule has 1 unspecified atom stereocenters. The Bertz CT molecular complexity index is 1010. The molecule has 1 atom stereocenters. The van der Waals surface area contributed by atoms with Crippen molar-refractivity contribution in [3.63, 3.8) is 0 Å². The fraction of sp³-hybridized carbons (Fsp3) is 0.478. The fourth-order valence-electron chi connectivity index (χ4n) is 4.20. The largest absolute Gasteiger partial charge is 0.368 e. The van der Waals surface area contributed by atoms with Crippen molar-refractivity contribution in [2.45, 2.75) is 37.8 Å². The average Bonchev–Trinajstić information content (AvgIpc) is 3.47. The van der Waals surface area contributed by atoms with Gasteiger partial charge in [-0.05, 0) is 49.9 Å². The van der Waals surface area contributed by atoms with E-state index >= 15 is 0 Å². The summed E-state index contributed by atoms with van der Waals surface area (Å²) in [6.45, 7) is 3.68. The normalized spacial score (nSPS) is 20.5. The van der Waals surface area contributed by atoms with Crippen molar-refractivity contribution in [3.05, 3.63) is 36.0 Å². The van der Waals surface area contributed by atoms with E-state index in [2.05, 4.69) is 25.5 Å². The van der Waals surface area contributed by atoms with Crippen molar-refractivity contribution in [1.29, 1.82) is 0 Å². The number of ether oxygens (including phenoxy) is 1. The van der Waals surface area contributed by atoms with E-state index in [-0.39, 0.29) is 12.0 Å². The third kappa shape index (κ3) is 5.00. The van der Waals surface area contributed by atoms with Gasteiger partial charge in [0.05, 0.1) is 5.56 Å². The molecule has 0 spiro atoms. The number of piperazine rings is 1. The van der Waals surface area contributed by atoms with Crippen LogP contribution in [0.3, 0.4) is 0 Å². The topological polar surface area (TPSA) is 126 Å². The van der Waals surface area contributed by atoms with E-state index < -0.39 is 5.91 Å². The van der Waals surface area contributed by atoms with E-state index in [1.807, 2.05) is 29.2 Å². The third-order valence-electron chi connectivity index (χ3n) is 6.26. The standard InChI is InChI=1S/C23H29N7O3/c24-20(31)18-14-25-23(28-21(18)26-15-3-4-15)27-16-5-7-17(8-6-16)29-9-11-30(12-10-29)22(32)19-2-1-13-33-19/h5-8,14-15,19H,1-4,9-13H2,(H2,24,31)(H2,25,26,27,28). The Morgan fingerprint density at radius 1 is 1.06 bits per heavy atom. The number of rotatable bonds is 7. The van der Waals surface area contributed by atoms with E-state index in [9.17, 15) is 9.59 Å². The number of aromatic nitrogens is 2. The number of carbonyl (C=O) groups is 2. The molecule has 0 radical (unpaired) electrons. The molecule has 1 aromatic heterocycles. The minimum Gasteiger partial charge on any atom is -0.368 e. The molecule has 2 amide bonds. The fourth-order valence-corrected chi connectivity index (χ4v) is 4.20. The van der Waals surface area contributed by atoms with Gasteiger partial charge in [0.25, 0.3) is 11.8 Å². The molecule has 10 nitrogen and oxygen atoms in total. The summed E-state index contributed by atoms with van der Waals surface area (Å²) in [4.78, 5) is 37.1. The molecule has 10 heteroatoms. The zero-order valence-corrected chi connectivity index (χ0v) is 18.5. The molecule has 2 aliphatic heterocycles. The van der Waals surface area contributed by atoms with Crippen molar-refractivity contribution in [1.82, 2.24) is 14.9 Å². The Balaban J connectivity index is 1.19. The number of nitrogens with two attached hydrogens (primary N) is 1. The zero-order chi connectivity index (χ0) is 22.8. The molecule has 33 heavy (non-hydrogen) atoms. The molecular weight excluding hydrogens is 422 g/mol. The van der Waals surface area contributed by atoms with Crippen LogP contribution < -0.4 is 21.3 Å². The van der Waals surface area contributed by atoms with Crippen LogP contribution in [0.15, 0.2) is 30.5 Å². The highest BCUT2D eigenvalue weighted by Gasteiger charge is 2.30. The first-order valence-electron chi connectivity index (χ1n) is 11.5. The molecule has 5 rings (SSSR count). The second-order valence-corrected chi connectivity index (χ2v) is 8.72. The predicted octanol–water partition coefficient (Wildman–Crippen LogP) is 1.72. The van der Waals surface area contributed by atoms with Gasteiger partial charge in [-0.25, -0.2) is 4.98 Å². The first-order valence-corrected chi connectivity index (χ1v) is 11.5. The minimum atomic E-state index is -0.549. The Hall–Kier alpha value is -3.40. The highest BCUT2D eigenvalue weighted by molar-refractivity contribution is 5.97. The van der Waals surface area contributed by atoms with E-state index in [0.717, 1.165) is 50.1 Å². The molecule has 2 aromatic rings. The van der Waals surface area contributed by atoms with Crippen molar-refractivity contribution in [2.24, 2.45) is 5.73 Å². The van der Waals surface area contributed by atoms with Crippen LogP contribution in [0.1, 0.15) is 36.0 Å². The summed E-state index contributed by atoms with van der Waals surface area (Å²) in [7, 11) is 0. The van der Waals surface area contributed by atoms with Gasteiger partial charge in [-0.2, -0.15) is 4.98 Å². The van der Waals surface area contributed by atoms with Crippen LogP contribution in [0.2, 0.25) is 0 Å². The highest BCUT2D eigenvalue weighted by atomic mass is 16.5. The van der Waals surface area contributed by atoms with Crippen LogP contribution in [-0.4, -0.2) is 71.6 Å². The van der Waals surface area contributed by atoms with E-state index in [4.69, 9.17) is 10.5 Å². The molecule has 1 saturated carbocycles. The summed E-state index contributed by atoms with van der Waals surface area (Å²) in [5.41, 5.74) is 7.68. The van der Waals surface area contributed by atoms with Gasteiger partial charge in [0.1, 0.15) is 11.9 Å². The first kappa shape index (κ1) is 21.4. The number of anilines is 4. The van der Waals surface area contributed by atoms with E-state index in [1.165, 1.54) is 6.20 Å². The average molecular weight is 452 g/mol. The lowest BCUT2D eigenvalue weighted by Gasteiger charge is -2.37. The van der Waals surface area contributed by atoms with Gasteiger partial charge < -0.3 is 30.9 Å². The summed E-state index contributed by atoms with van der Waals surface area (Å²) in [6.07, 6.45) is 5.12. The van der Waals surface area contributed by atoms with Crippen molar-refractivity contribution in [3.8, 4) is 0 Å². The van der Waals surface area contributed by atoms with Gasteiger partial charge >= 0.3 is 0 Å². The summed E-state index contributed by atoms with van der Waals surface area (Å²) in [5.74, 6) is 0.447. The summed E-state index contributed by atoms with van der Waals surface area (Å²) in [6, 6.07) is 8.37. The predicted molar refractivity (Wildman–Crippen MR) is 125 cm³/mol. The first-order chi connectivity index (χ1) is 16.1. The molecule has 174 valence electrons. The molecule has 0 bridgehead atoms. The molecule has 2 saturated heterocycles. The van der Waals surface area contributed by atoms with Crippen molar-refractivity contribution >= 4 is 35.0 Å². The Labute approximate surface area is 192 Å². The summed E-state index contributed by atoms with van der Waals surface area (Å²) >= 11 is 0. The van der Waals surface area contributed by atoms with Crippen LogP contribution in [0.4, 0.5) is 23.1 Å². The van der Waals surface area contributed by atoms with Crippen LogP contribution in [0.25, 0.3) is 0 Å². The lowest BCUT2D eigenvalue weighted by Crippen LogP contribution is -2.51. The Morgan fingerprint density at radius 2 is 1.82 bits per heavy atom. The van der Waals surface area contributed by atoms with Crippen LogP contribution in [0.5, 0.6) is 0 Å². The third-order valence-corrected chi connectivity index (χ3v) is 6.26. The van der Waals surface area contributed by atoms with Gasteiger partial charge in [-0.15, -0.1) is 0 Å². The maximum atomic E-state index is 12.5. The molecule has 1 aliphatic carbocycles. The highest BCUT2D eigenvalue weighted by Crippen LogP contribution is 2.27. The second kappa shape index (κ2) is 9.22. The van der Waals surface area contributed by atoms with Gasteiger partial charge in [0.2, 0.25) is 5.95 Å². The maximum Gasteiger partial charge on any atom is 0.254 e. The number of amides is 2. The van der Waals surface area contributed by atoms with Gasteiger partial charge in [-0.3, -0.25) is 9.59 Å². The number of hydrogen-bond donors (Lipinski definition) is 3. The number of carbonyl (C=O) groups excluding carboxylic acids is 2. The molecule has 3 aliphatic rings. The maximum absolute atomic E-state index is 12.5. The lowest BCUT2D eigenvalue weighted by molar-refractivity contribution is -0.141. The number of benzene rings is 1.